The van der Waals surface area contributed by atoms with Gasteiger partial charge in [-0.2, -0.15) is 4.98 Å². The second-order valence-corrected chi connectivity index (χ2v) is 4.87. The molecule has 20 heavy (non-hydrogen) atoms. The van der Waals surface area contributed by atoms with Gasteiger partial charge in [-0.3, -0.25) is 0 Å². The second-order valence-electron chi connectivity index (χ2n) is 4.87. The molecule has 2 N–H and O–H groups in total. The van der Waals surface area contributed by atoms with Gasteiger partial charge in [-0.05, 0) is 37.0 Å². The zero-order valence-electron chi connectivity index (χ0n) is 11.4. The minimum Gasteiger partial charge on any atom is -0.497 e. The molecular formula is C15H17N3O2. The molecule has 2 aromatic rings. The van der Waals surface area contributed by atoms with Crippen molar-refractivity contribution in [1.29, 1.82) is 0 Å². The molecule has 5 nitrogen and oxygen atoms in total. The van der Waals surface area contributed by atoms with E-state index in [2.05, 4.69) is 27.4 Å². The van der Waals surface area contributed by atoms with Gasteiger partial charge < -0.3 is 15.0 Å². The fourth-order valence-corrected chi connectivity index (χ4v) is 2.54. The number of hydrogen-bond acceptors (Lipinski definition) is 4. The Morgan fingerprint density at radius 3 is 2.80 bits per heavy atom. The Morgan fingerprint density at radius 2 is 2.05 bits per heavy atom. The summed E-state index contributed by atoms with van der Waals surface area (Å²) in [4.78, 5) is 18.3. The van der Waals surface area contributed by atoms with Crippen molar-refractivity contribution in [3.05, 3.63) is 51.6 Å². The van der Waals surface area contributed by atoms with E-state index in [4.69, 9.17) is 4.74 Å². The van der Waals surface area contributed by atoms with Gasteiger partial charge in [0.05, 0.1) is 7.11 Å². The van der Waals surface area contributed by atoms with Crippen molar-refractivity contribution in [2.45, 2.75) is 19.3 Å². The zero-order chi connectivity index (χ0) is 13.9. The molecule has 1 aliphatic rings. The van der Waals surface area contributed by atoms with Gasteiger partial charge in [0.15, 0.2) is 0 Å². The molecule has 1 aliphatic heterocycles. The fourth-order valence-electron chi connectivity index (χ4n) is 2.54. The third-order valence-corrected chi connectivity index (χ3v) is 3.61. The molecule has 0 atom stereocenters. The number of aromatic amines is 1. The van der Waals surface area contributed by atoms with E-state index in [-0.39, 0.29) is 5.69 Å². The number of H-pyrrole nitrogens is 1. The molecule has 3 rings (SSSR count). The summed E-state index contributed by atoms with van der Waals surface area (Å²) in [6, 6.07) is 8.01. The maximum absolute atomic E-state index is 11.5. The molecule has 104 valence electrons. The van der Waals surface area contributed by atoms with Crippen LogP contribution in [0.3, 0.4) is 0 Å². The fraction of sp³-hybridized carbons (Fsp3) is 0.333. The highest BCUT2D eigenvalue weighted by atomic mass is 16.5. The second kappa shape index (κ2) is 5.36. The Hall–Kier alpha value is -2.30. The maximum atomic E-state index is 11.5. The smallest absolute Gasteiger partial charge is 0.347 e. The summed E-state index contributed by atoms with van der Waals surface area (Å²) in [7, 11) is 1.66. The average molecular weight is 271 g/mol. The van der Waals surface area contributed by atoms with Crippen molar-refractivity contribution in [1.82, 2.24) is 9.97 Å². The SMILES string of the molecule is COc1ccc(CCc2[nH]c(=O)nc3c2CCN3)cc1. The maximum Gasteiger partial charge on any atom is 0.347 e. The minimum absolute atomic E-state index is 0.275. The van der Waals surface area contributed by atoms with E-state index in [1.165, 1.54) is 5.56 Å². The third kappa shape index (κ3) is 2.52. The molecule has 0 saturated carbocycles. The Labute approximate surface area is 117 Å². The predicted octanol–water partition coefficient (Wildman–Crippen LogP) is 1.53. The lowest BCUT2D eigenvalue weighted by Crippen LogP contribution is -2.16. The lowest BCUT2D eigenvalue weighted by molar-refractivity contribution is 0.414. The molecule has 0 amide bonds. The Morgan fingerprint density at radius 1 is 1.25 bits per heavy atom. The number of benzene rings is 1. The van der Waals surface area contributed by atoms with E-state index in [1.54, 1.807) is 7.11 Å². The molecule has 1 aromatic carbocycles. The molecule has 0 fully saturated rings. The minimum atomic E-state index is -0.275. The zero-order valence-corrected chi connectivity index (χ0v) is 11.4. The van der Waals surface area contributed by atoms with Crippen LogP contribution in [-0.4, -0.2) is 23.6 Å². The lowest BCUT2D eigenvalue weighted by Gasteiger charge is -2.07. The summed E-state index contributed by atoms with van der Waals surface area (Å²) in [6.07, 6.45) is 2.63. The number of nitrogens with zero attached hydrogens (tertiary/aromatic N) is 1. The van der Waals surface area contributed by atoms with Crippen LogP contribution in [0.2, 0.25) is 0 Å². The van der Waals surface area contributed by atoms with E-state index >= 15 is 0 Å². The van der Waals surface area contributed by atoms with Crippen molar-refractivity contribution in [3.63, 3.8) is 0 Å². The van der Waals surface area contributed by atoms with Gasteiger partial charge in [-0.1, -0.05) is 12.1 Å². The number of nitrogens with one attached hydrogen (secondary N) is 2. The van der Waals surface area contributed by atoms with E-state index in [9.17, 15) is 4.79 Å². The highest BCUT2D eigenvalue weighted by Gasteiger charge is 2.16. The first kappa shape index (κ1) is 12.7. The third-order valence-electron chi connectivity index (χ3n) is 3.61. The van der Waals surface area contributed by atoms with Gasteiger partial charge in [-0.15, -0.1) is 0 Å². The number of aryl methyl sites for hydroxylation is 2. The molecule has 2 heterocycles. The number of rotatable bonds is 4. The van der Waals surface area contributed by atoms with Crippen molar-refractivity contribution >= 4 is 5.82 Å². The number of ether oxygens (including phenoxy) is 1. The number of methoxy groups -OCH3 is 1. The standard InChI is InChI=1S/C15H17N3O2/c1-20-11-5-2-10(3-6-11)4-7-13-12-8-9-16-14(12)18-15(19)17-13/h2-3,5-6H,4,7-9H2,1H3,(H2,16,17,18,19). The Balaban J connectivity index is 1.76. The number of hydrogen-bond donors (Lipinski definition) is 2. The first-order chi connectivity index (χ1) is 9.76. The van der Waals surface area contributed by atoms with Gasteiger partial charge in [0.25, 0.3) is 0 Å². The van der Waals surface area contributed by atoms with Gasteiger partial charge in [0, 0.05) is 17.8 Å². The lowest BCUT2D eigenvalue weighted by atomic mass is 10.0. The monoisotopic (exact) mass is 271 g/mol. The van der Waals surface area contributed by atoms with Gasteiger partial charge in [0.2, 0.25) is 0 Å². The normalized spacial score (nSPS) is 12.8. The van der Waals surface area contributed by atoms with E-state index in [0.717, 1.165) is 48.6 Å². The largest absolute Gasteiger partial charge is 0.497 e. The number of fused-ring (bicyclic) bond motifs is 1. The number of aromatic nitrogens is 2. The first-order valence-corrected chi connectivity index (χ1v) is 6.75. The molecule has 5 heteroatoms. The topological polar surface area (TPSA) is 67.0 Å². The Kier molecular flexibility index (Phi) is 3.41. The van der Waals surface area contributed by atoms with Crippen molar-refractivity contribution in [3.8, 4) is 5.75 Å². The molecule has 0 unspecified atom stereocenters. The van der Waals surface area contributed by atoms with Crippen LogP contribution in [0.1, 0.15) is 16.8 Å². The van der Waals surface area contributed by atoms with Crippen LogP contribution in [0.5, 0.6) is 5.75 Å². The van der Waals surface area contributed by atoms with Crippen molar-refractivity contribution < 1.29 is 4.74 Å². The molecule has 0 saturated heterocycles. The van der Waals surface area contributed by atoms with E-state index in [0.29, 0.717) is 0 Å². The average Bonchev–Trinajstić information content (AvgIpc) is 2.93. The van der Waals surface area contributed by atoms with Crippen LogP contribution >= 0.6 is 0 Å². The quantitative estimate of drug-likeness (QED) is 0.885. The summed E-state index contributed by atoms with van der Waals surface area (Å²) in [5, 5.41) is 3.15. The first-order valence-electron chi connectivity index (χ1n) is 6.75. The van der Waals surface area contributed by atoms with Crippen LogP contribution in [0, 0.1) is 0 Å². The van der Waals surface area contributed by atoms with E-state index in [1.807, 2.05) is 12.1 Å². The highest BCUT2D eigenvalue weighted by Crippen LogP contribution is 2.21. The molecule has 0 bridgehead atoms. The molecule has 0 aliphatic carbocycles. The van der Waals surface area contributed by atoms with Crippen LogP contribution < -0.4 is 15.7 Å². The summed E-state index contributed by atoms with van der Waals surface area (Å²) >= 11 is 0. The summed E-state index contributed by atoms with van der Waals surface area (Å²) in [6.45, 7) is 0.856. The van der Waals surface area contributed by atoms with Crippen LogP contribution in [-0.2, 0) is 19.3 Å². The summed E-state index contributed by atoms with van der Waals surface area (Å²) < 4.78 is 5.14. The molecule has 0 spiro atoms. The highest BCUT2D eigenvalue weighted by molar-refractivity contribution is 5.50. The van der Waals surface area contributed by atoms with Gasteiger partial charge >= 0.3 is 5.69 Å². The Bertz CT molecular complexity index is 662. The van der Waals surface area contributed by atoms with Crippen LogP contribution in [0.15, 0.2) is 29.1 Å². The predicted molar refractivity (Wildman–Crippen MR) is 77.5 cm³/mol. The van der Waals surface area contributed by atoms with E-state index < -0.39 is 0 Å². The molecule has 1 aromatic heterocycles. The number of anilines is 1. The van der Waals surface area contributed by atoms with Crippen molar-refractivity contribution in [2.24, 2.45) is 0 Å². The van der Waals surface area contributed by atoms with Crippen LogP contribution in [0.4, 0.5) is 5.82 Å². The van der Waals surface area contributed by atoms with Gasteiger partial charge in [0.1, 0.15) is 11.6 Å². The summed E-state index contributed by atoms with van der Waals surface area (Å²) in [5.41, 5.74) is 3.10. The van der Waals surface area contributed by atoms with Gasteiger partial charge in [-0.25, -0.2) is 4.79 Å². The van der Waals surface area contributed by atoms with Crippen LogP contribution in [0.25, 0.3) is 0 Å². The summed E-state index contributed by atoms with van der Waals surface area (Å²) in [5.74, 6) is 1.61. The molecular weight excluding hydrogens is 254 g/mol. The molecule has 0 radical (unpaired) electrons. The van der Waals surface area contributed by atoms with Crippen molar-refractivity contribution in [2.75, 3.05) is 19.0 Å².